The van der Waals surface area contributed by atoms with Crippen LogP contribution in [0.1, 0.15) is 13.3 Å². The Hall–Kier alpha value is -0.300. The smallest absolute Gasteiger partial charge is 0.266 e. The van der Waals surface area contributed by atoms with E-state index in [4.69, 9.17) is 11.6 Å². The van der Waals surface area contributed by atoms with E-state index in [0.717, 1.165) is 6.42 Å². The number of nitrogens with zero attached hydrogens (tertiary/aromatic N) is 1. The Morgan fingerprint density at radius 1 is 1.79 bits per heavy atom. The van der Waals surface area contributed by atoms with Gasteiger partial charge in [-0.3, -0.25) is 4.79 Å². The molecule has 1 unspecified atom stereocenters. The van der Waals surface area contributed by atoms with Crippen molar-refractivity contribution in [2.24, 2.45) is 0 Å². The van der Waals surface area contributed by atoms with Gasteiger partial charge in [-0.25, -0.2) is 4.98 Å². The summed E-state index contributed by atoms with van der Waals surface area (Å²) in [5.74, 6) is 1.10. The van der Waals surface area contributed by atoms with Gasteiger partial charge in [0.25, 0.3) is 5.56 Å². The Labute approximate surface area is 101 Å². The molecule has 78 valence electrons. The van der Waals surface area contributed by atoms with Crippen LogP contribution >= 0.6 is 34.2 Å². The highest BCUT2D eigenvalue weighted by atomic mass is 127. The summed E-state index contributed by atoms with van der Waals surface area (Å²) in [5, 5.41) is 3.12. The van der Waals surface area contributed by atoms with Crippen molar-refractivity contribution in [3.8, 4) is 0 Å². The normalized spacial score (nSPS) is 12.5. The lowest BCUT2D eigenvalue weighted by Gasteiger charge is -2.14. The number of anilines is 1. The fourth-order valence-electron chi connectivity index (χ4n) is 0.927. The molecule has 0 saturated carbocycles. The van der Waals surface area contributed by atoms with Crippen molar-refractivity contribution in [3.63, 3.8) is 0 Å². The van der Waals surface area contributed by atoms with Crippen molar-refractivity contribution in [2.45, 2.75) is 19.4 Å². The summed E-state index contributed by atoms with van der Waals surface area (Å²) in [6.07, 6.45) is 2.28. The summed E-state index contributed by atoms with van der Waals surface area (Å²) in [7, 11) is 0. The predicted molar refractivity (Wildman–Crippen MR) is 66.0 cm³/mol. The number of aromatic amines is 1. The number of nitrogens with one attached hydrogen (secondary N) is 2. The summed E-state index contributed by atoms with van der Waals surface area (Å²) in [5.41, 5.74) is -0.132. The van der Waals surface area contributed by atoms with Crippen LogP contribution in [0.4, 0.5) is 5.82 Å². The first-order valence-corrected chi connectivity index (χ1v) is 5.86. The molecule has 0 amide bonds. The second kappa shape index (κ2) is 5.55. The Balaban J connectivity index is 2.86. The molecular weight excluding hydrogens is 316 g/mol. The molecule has 0 fully saturated rings. The maximum Gasteiger partial charge on any atom is 0.266 e. The number of hydrogen-bond donors (Lipinski definition) is 2. The van der Waals surface area contributed by atoms with Crippen molar-refractivity contribution in [3.05, 3.63) is 20.3 Å². The molecule has 1 atom stereocenters. The maximum atomic E-state index is 11.2. The van der Waals surface area contributed by atoms with Crippen LogP contribution in [0, 0.1) is 3.57 Å². The topological polar surface area (TPSA) is 57.8 Å². The monoisotopic (exact) mass is 327 g/mol. The number of halogens is 2. The minimum absolute atomic E-state index is 0.132. The molecule has 0 bridgehead atoms. The molecule has 2 N–H and O–H groups in total. The summed E-state index contributed by atoms with van der Waals surface area (Å²) < 4.78 is 0.564. The quantitative estimate of drug-likeness (QED) is 0.655. The van der Waals surface area contributed by atoms with E-state index in [1.807, 2.05) is 29.5 Å². The number of H-pyrrole nitrogens is 1. The zero-order valence-electron chi connectivity index (χ0n) is 7.68. The van der Waals surface area contributed by atoms with Crippen molar-refractivity contribution < 1.29 is 0 Å². The first-order chi connectivity index (χ1) is 6.69. The van der Waals surface area contributed by atoms with E-state index in [-0.39, 0.29) is 11.6 Å². The standard InChI is InChI=1S/C8H11ClIN3O/c1-2-5(3-9)13-7-6(10)8(14)12-4-11-7/h4-5H,2-3H2,1H3,(H2,11,12,13,14). The fraction of sp³-hybridized carbons (Fsp3) is 0.500. The Morgan fingerprint density at radius 2 is 2.50 bits per heavy atom. The third kappa shape index (κ3) is 2.84. The molecule has 0 aromatic carbocycles. The summed E-state index contributed by atoms with van der Waals surface area (Å²) in [6.45, 7) is 2.03. The highest BCUT2D eigenvalue weighted by Crippen LogP contribution is 2.11. The molecule has 1 heterocycles. The second-order valence-corrected chi connectivity index (χ2v) is 4.19. The Morgan fingerprint density at radius 3 is 3.07 bits per heavy atom. The van der Waals surface area contributed by atoms with Gasteiger partial charge < -0.3 is 10.3 Å². The molecule has 1 rings (SSSR count). The number of aromatic nitrogens is 2. The molecule has 0 aliphatic carbocycles. The molecule has 0 aliphatic rings. The average molecular weight is 328 g/mol. The van der Waals surface area contributed by atoms with E-state index in [2.05, 4.69) is 15.3 Å². The molecule has 1 aromatic heterocycles. The minimum Gasteiger partial charge on any atom is -0.365 e. The molecule has 14 heavy (non-hydrogen) atoms. The van der Waals surface area contributed by atoms with E-state index >= 15 is 0 Å². The van der Waals surface area contributed by atoms with Crippen LogP contribution in [0.5, 0.6) is 0 Å². The lowest BCUT2D eigenvalue weighted by atomic mass is 10.2. The molecule has 0 spiro atoms. The first-order valence-electron chi connectivity index (χ1n) is 4.24. The SMILES string of the molecule is CCC(CCl)Nc1nc[nH]c(=O)c1I. The third-order valence-electron chi connectivity index (χ3n) is 1.82. The lowest BCUT2D eigenvalue weighted by Crippen LogP contribution is -2.24. The van der Waals surface area contributed by atoms with Crippen molar-refractivity contribution in [1.29, 1.82) is 0 Å². The van der Waals surface area contributed by atoms with E-state index < -0.39 is 0 Å². The zero-order chi connectivity index (χ0) is 10.6. The lowest BCUT2D eigenvalue weighted by molar-refractivity contribution is 0.763. The van der Waals surface area contributed by atoms with Gasteiger partial charge >= 0.3 is 0 Å². The maximum absolute atomic E-state index is 11.2. The van der Waals surface area contributed by atoms with Gasteiger partial charge in [0, 0.05) is 11.9 Å². The van der Waals surface area contributed by atoms with Gasteiger partial charge in [0.2, 0.25) is 0 Å². The Bertz CT molecular complexity index is 351. The molecule has 0 radical (unpaired) electrons. The summed E-state index contributed by atoms with van der Waals surface area (Å²) in [4.78, 5) is 17.8. The van der Waals surface area contributed by atoms with E-state index in [0.29, 0.717) is 15.3 Å². The first kappa shape index (κ1) is 11.8. The van der Waals surface area contributed by atoms with Crippen LogP contribution in [0.2, 0.25) is 0 Å². The highest BCUT2D eigenvalue weighted by Gasteiger charge is 2.09. The van der Waals surface area contributed by atoms with E-state index in [1.165, 1.54) is 6.33 Å². The number of rotatable bonds is 4. The molecule has 1 aromatic rings. The summed E-state index contributed by atoms with van der Waals surface area (Å²) in [6, 6.07) is 0.152. The molecule has 6 heteroatoms. The largest absolute Gasteiger partial charge is 0.365 e. The van der Waals surface area contributed by atoms with Gasteiger partial charge in [-0.15, -0.1) is 11.6 Å². The minimum atomic E-state index is -0.132. The summed E-state index contributed by atoms with van der Waals surface area (Å²) >= 11 is 7.69. The fourth-order valence-corrected chi connectivity index (χ4v) is 1.67. The second-order valence-electron chi connectivity index (χ2n) is 2.80. The number of alkyl halides is 1. The van der Waals surface area contributed by atoms with Gasteiger partial charge in [0.1, 0.15) is 9.39 Å². The average Bonchev–Trinajstić information content (AvgIpc) is 2.20. The van der Waals surface area contributed by atoms with Crippen molar-refractivity contribution in [1.82, 2.24) is 9.97 Å². The van der Waals surface area contributed by atoms with E-state index in [1.54, 1.807) is 0 Å². The van der Waals surface area contributed by atoms with Gasteiger partial charge in [0.05, 0.1) is 6.33 Å². The molecule has 4 nitrogen and oxygen atoms in total. The Kier molecular flexibility index (Phi) is 4.67. The van der Waals surface area contributed by atoms with Crippen LogP contribution in [0.25, 0.3) is 0 Å². The molecule has 0 aliphatic heterocycles. The van der Waals surface area contributed by atoms with Gasteiger partial charge in [-0.2, -0.15) is 0 Å². The number of hydrogen-bond acceptors (Lipinski definition) is 3. The van der Waals surface area contributed by atoms with Crippen LogP contribution in [-0.2, 0) is 0 Å². The van der Waals surface area contributed by atoms with E-state index in [9.17, 15) is 4.79 Å². The molecular formula is C8H11ClIN3O. The van der Waals surface area contributed by atoms with Crippen LogP contribution in [0.3, 0.4) is 0 Å². The van der Waals surface area contributed by atoms with Gasteiger partial charge in [-0.05, 0) is 29.0 Å². The van der Waals surface area contributed by atoms with Gasteiger partial charge in [0.15, 0.2) is 0 Å². The van der Waals surface area contributed by atoms with Gasteiger partial charge in [-0.1, -0.05) is 6.92 Å². The molecule has 0 saturated heterocycles. The predicted octanol–water partition coefficient (Wildman–Crippen LogP) is 1.80. The highest BCUT2D eigenvalue weighted by molar-refractivity contribution is 14.1. The van der Waals surface area contributed by atoms with Crippen molar-refractivity contribution in [2.75, 3.05) is 11.2 Å². The third-order valence-corrected chi connectivity index (χ3v) is 3.19. The van der Waals surface area contributed by atoms with Crippen LogP contribution in [-0.4, -0.2) is 21.9 Å². The van der Waals surface area contributed by atoms with Crippen molar-refractivity contribution >= 4 is 40.0 Å². The van der Waals surface area contributed by atoms with Crippen LogP contribution in [0.15, 0.2) is 11.1 Å². The van der Waals surface area contributed by atoms with Crippen LogP contribution < -0.4 is 10.9 Å². The zero-order valence-corrected chi connectivity index (χ0v) is 10.6.